The lowest BCUT2D eigenvalue weighted by Gasteiger charge is -2.21. The topological polar surface area (TPSA) is 9.23 Å². The van der Waals surface area contributed by atoms with E-state index in [4.69, 9.17) is 4.74 Å². The second-order valence-electron chi connectivity index (χ2n) is 7.78. The lowest BCUT2D eigenvalue weighted by molar-refractivity contribution is 0.418. The van der Waals surface area contributed by atoms with Crippen LogP contribution in [0.4, 0.5) is 0 Å². The Morgan fingerprint density at radius 3 is 1.97 bits per heavy atom. The number of aryl methyl sites for hydroxylation is 1. The fraction of sp³-hybridized carbons (Fsp3) is 0.0667. The zero-order valence-corrected chi connectivity index (χ0v) is 17.8. The van der Waals surface area contributed by atoms with Gasteiger partial charge in [-0.25, -0.2) is 0 Å². The number of ether oxygens (including phenoxy) is 1. The molecule has 1 heteroatoms. The molecular weight excluding hydrogens is 376 g/mol. The van der Waals surface area contributed by atoms with Gasteiger partial charge in [-0.3, -0.25) is 0 Å². The maximum absolute atomic E-state index is 6.14. The molecule has 5 rings (SSSR count). The monoisotopic (exact) mass is 400 g/mol. The highest BCUT2D eigenvalue weighted by Gasteiger charge is 2.20. The molecule has 0 fully saturated rings. The minimum absolute atomic E-state index is 0.906. The van der Waals surface area contributed by atoms with E-state index >= 15 is 0 Å². The molecule has 150 valence electrons. The Morgan fingerprint density at radius 2 is 1.16 bits per heavy atom. The molecule has 0 saturated heterocycles. The van der Waals surface area contributed by atoms with Crippen LogP contribution in [0.5, 0.6) is 5.75 Å². The average Bonchev–Trinajstić information content (AvgIpc) is 2.84. The van der Waals surface area contributed by atoms with Crippen molar-refractivity contribution in [1.82, 2.24) is 0 Å². The van der Waals surface area contributed by atoms with Crippen molar-refractivity contribution in [2.75, 3.05) is 7.11 Å². The van der Waals surface area contributed by atoms with E-state index in [9.17, 15) is 0 Å². The maximum atomic E-state index is 6.14. The van der Waals surface area contributed by atoms with Crippen LogP contribution in [0.25, 0.3) is 44.2 Å². The number of methoxy groups -OCH3 is 1. The first-order chi connectivity index (χ1) is 15.3. The fourth-order valence-electron chi connectivity index (χ4n) is 4.45. The second kappa shape index (κ2) is 8.12. The molecule has 0 aromatic heterocycles. The molecule has 1 nitrogen and oxygen atoms in total. The van der Waals surface area contributed by atoms with Gasteiger partial charge in [-0.05, 0) is 51.6 Å². The molecule has 31 heavy (non-hydrogen) atoms. The van der Waals surface area contributed by atoms with Crippen molar-refractivity contribution >= 4 is 10.8 Å². The standard InChI is InChI=1S/C30H24O/c1-21-11-6-8-16-24(21)28-20-19-26(23-12-4-3-5-13-23)30(31-2)29(28)27-18-10-15-22-14-7-9-17-25(22)27/h3-20H,1-2H3. The van der Waals surface area contributed by atoms with Gasteiger partial charge in [-0.2, -0.15) is 0 Å². The zero-order valence-electron chi connectivity index (χ0n) is 17.8. The van der Waals surface area contributed by atoms with Crippen molar-refractivity contribution in [3.05, 3.63) is 115 Å². The molecule has 0 unspecified atom stereocenters. The second-order valence-corrected chi connectivity index (χ2v) is 7.78. The third kappa shape index (κ3) is 3.39. The minimum Gasteiger partial charge on any atom is -0.495 e. The van der Waals surface area contributed by atoms with Crippen molar-refractivity contribution in [2.24, 2.45) is 0 Å². The lowest BCUT2D eigenvalue weighted by atomic mass is 9.86. The van der Waals surface area contributed by atoms with Crippen molar-refractivity contribution < 1.29 is 4.74 Å². The largest absolute Gasteiger partial charge is 0.495 e. The minimum atomic E-state index is 0.906. The van der Waals surface area contributed by atoms with Gasteiger partial charge < -0.3 is 4.74 Å². The normalized spacial score (nSPS) is 10.9. The molecule has 0 aliphatic heterocycles. The van der Waals surface area contributed by atoms with Gasteiger partial charge >= 0.3 is 0 Å². The summed E-state index contributed by atoms with van der Waals surface area (Å²) in [4.78, 5) is 0. The quantitative estimate of drug-likeness (QED) is 0.296. The van der Waals surface area contributed by atoms with E-state index in [1.807, 2.05) is 6.07 Å². The van der Waals surface area contributed by atoms with Crippen LogP contribution in [0.2, 0.25) is 0 Å². The number of rotatable bonds is 4. The van der Waals surface area contributed by atoms with Crippen molar-refractivity contribution in [1.29, 1.82) is 0 Å². The van der Waals surface area contributed by atoms with Gasteiger partial charge in [0.2, 0.25) is 0 Å². The highest BCUT2D eigenvalue weighted by atomic mass is 16.5. The summed E-state index contributed by atoms with van der Waals surface area (Å²) in [5.74, 6) is 0.906. The van der Waals surface area contributed by atoms with Gasteiger partial charge in [0.15, 0.2) is 0 Å². The predicted octanol–water partition coefficient (Wildman–Crippen LogP) is 8.16. The first-order valence-electron chi connectivity index (χ1n) is 10.6. The Kier molecular flexibility index (Phi) is 5.01. The Bertz CT molecular complexity index is 1360. The van der Waals surface area contributed by atoms with E-state index in [2.05, 4.69) is 110 Å². The predicted molar refractivity (Wildman–Crippen MR) is 132 cm³/mol. The summed E-state index contributed by atoms with van der Waals surface area (Å²) in [6, 6.07) is 38.5. The number of fused-ring (bicyclic) bond motifs is 1. The maximum Gasteiger partial charge on any atom is 0.135 e. The van der Waals surface area contributed by atoms with Crippen LogP contribution in [0.15, 0.2) is 109 Å². The third-order valence-corrected chi connectivity index (χ3v) is 5.94. The van der Waals surface area contributed by atoms with Crippen LogP contribution in [-0.4, -0.2) is 7.11 Å². The van der Waals surface area contributed by atoms with E-state index in [-0.39, 0.29) is 0 Å². The Morgan fingerprint density at radius 1 is 0.516 bits per heavy atom. The van der Waals surface area contributed by atoms with Gasteiger partial charge in [0.25, 0.3) is 0 Å². The molecular formula is C30H24O. The van der Waals surface area contributed by atoms with Crippen LogP contribution < -0.4 is 4.74 Å². The number of hydrogen-bond donors (Lipinski definition) is 0. The van der Waals surface area contributed by atoms with Crippen molar-refractivity contribution in [3.63, 3.8) is 0 Å². The molecule has 5 aromatic rings. The molecule has 0 aliphatic carbocycles. The van der Waals surface area contributed by atoms with Gasteiger partial charge in [0, 0.05) is 11.1 Å². The third-order valence-electron chi connectivity index (χ3n) is 5.94. The number of benzene rings is 5. The van der Waals surface area contributed by atoms with E-state index in [1.54, 1.807) is 7.11 Å². The van der Waals surface area contributed by atoms with Gasteiger partial charge in [0.05, 0.1) is 7.11 Å². The first-order valence-corrected chi connectivity index (χ1v) is 10.6. The summed E-state index contributed by atoms with van der Waals surface area (Å²) >= 11 is 0. The molecule has 0 N–H and O–H groups in total. The SMILES string of the molecule is COc1c(-c2ccccc2)ccc(-c2ccccc2C)c1-c1cccc2ccccc12. The van der Waals surface area contributed by atoms with Gasteiger partial charge in [-0.15, -0.1) is 0 Å². The van der Waals surface area contributed by atoms with E-state index in [0.29, 0.717) is 0 Å². The molecule has 5 aromatic carbocycles. The summed E-state index contributed by atoms with van der Waals surface area (Å²) < 4.78 is 6.14. The molecule has 0 radical (unpaired) electrons. The molecule has 0 amide bonds. The van der Waals surface area contributed by atoms with Crippen LogP contribution in [0.1, 0.15) is 5.56 Å². The molecule has 0 heterocycles. The summed E-state index contributed by atoms with van der Waals surface area (Å²) in [6.45, 7) is 2.17. The zero-order chi connectivity index (χ0) is 21.2. The number of hydrogen-bond acceptors (Lipinski definition) is 1. The lowest BCUT2D eigenvalue weighted by Crippen LogP contribution is -1.97. The fourth-order valence-corrected chi connectivity index (χ4v) is 4.45. The van der Waals surface area contributed by atoms with Crippen molar-refractivity contribution in [3.8, 4) is 39.1 Å². The van der Waals surface area contributed by atoms with Gasteiger partial charge in [-0.1, -0.05) is 103 Å². The van der Waals surface area contributed by atoms with Crippen LogP contribution >= 0.6 is 0 Å². The molecule has 0 spiro atoms. The summed E-state index contributed by atoms with van der Waals surface area (Å²) in [5.41, 5.74) is 8.23. The Hall–Kier alpha value is -3.84. The summed E-state index contributed by atoms with van der Waals surface area (Å²) in [6.07, 6.45) is 0. The van der Waals surface area contributed by atoms with Crippen LogP contribution in [0, 0.1) is 6.92 Å². The molecule has 0 aliphatic rings. The summed E-state index contributed by atoms with van der Waals surface area (Å²) in [7, 11) is 1.78. The highest BCUT2D eigenvalue weighted by Crippen LogP contribution is 2.47. The smallest absolute Gasteiger partial charge is 0.135 e. The molecule has 0 bridgehead atoms. The van der Waals surface area contributed by atoms with Gasteiger partial charge in [0.1, 0.15) is 5.75 Å². The van der Waals surface area contributed by atoms with Crippen LogP contribution in [-0.2, 0) is 0 Å². The highest BCUT2D eigenvalue weighted by molar-refractivity contribution is 6.04. The molecule has 0 atom stereocenters. The van der Waals surface area contributed by atoms with E-state index < -0.39 is 0 Å². The van der Waals surface area contributed by atoms with E-state index in [1.165, 1.54) is 33.0 Å². The van der Waals surface area contributed by atoms with Crippen molar-refractivity contribution in [2.45, 2.75) is 6.92 Å². The Labute approximate surface area is 183 Å². The first kappa shape index (κ1) is 19.1. The Balaban J connectivity index is 1.91. The van der Waals surface area contributed by atoms with Crippen LogP contribution in [0.3, 0.4) is 0 Å². The van der Waals surface area contributed by atoms with E-state index in [0.717, 1.165) is 22.4 Å². The average molecular weight is 401 g/mol. The molecule has 0 saturated carbocycles. The summed E-state index contributed by atoms with van der Waals surface area (Å²) in [5, 5.41) is 2.45.